The van der Waals surface area contributed by atoms with Gasteiger partial charge in [-0.15, -0.1) is 5.01 Å². The fourth-order valence-electron chi connectivity index (χ4n) is 2.23. The van der Waals surface area contributed by atoms with E-state index in [1.54, 1.807) is 0 Å². The number of nitrogens with zero attached hydrogens (tertiary/aromatic N) is 3. The van der Waals surface area contributed by atoms with Gasteiger partial charge in [-0.25, -0.2) is 4.79 Å². The van der Waals surface area contributed by atoms with E-state index in [0.29, 0.717) is 5.01 Å². The second kappa shape index (κ2) is 9.07. The van der Waals surface area contributed by atoms with Crippen LogP contribution >= 0.6 is 11.6 Å². The molecule has 14 heteroatoms. The summed E-state index contributed by atoms with van der Waals surface area (Å²) in [7, 11) is 1.05. The number of hydrogen-bond acceptors (Lipinski definition) is 7. The number of carbonyl (C=O) groups is 2. The Balaban J connectivity index is 2.24. The molecule has 1 N–H and O–H groups in total. The molecule has 1 aliphatic heterocycles. The molecule has 1 aromatic rings. The minimum absolute atomic E-state index is 0.201. The Kier molecular flexibility index (Phi) is 5.68. The zero-order chi connectivity index (χ0) is 25.1. The van der Waals surface area contributed by atoms with Crippen LogP contribution in [0.4, 0.5) is 13.2 Å². The number of halogens is 4. The molecule has 1 heterocycles. The molecule has 0 amide bonds. The summed E-state index contributed by atoms with van der Waals surface area (Å²) in [6.45, 7) is -4.49. The van der Waals surface area contributed by atoms with Crippen LogP contribution in [0.2, 0.25) is 5.02 Å². The van der Waals surface area contributed by atoms with Crippen LogP contribution in [0.3, 0.4) is 0 Å². The second-order valence-corrected chi connectivity index (χ2v) is 6.15. The molecule has 1 aromatic carbocycles. The summed E-state index contributed by atoms with van der Waals surface area (Å²) in [5.41, 5.74) is -1.54. The number of carboxylic acids is 1. The molecule has 0 aliphatic carbocycles. The van der Waals surface area contributed by atoms with Crippen LogP contribution in [-0.2, 0) is 19.2 Å². The van der Waals surface area contributed by atoms with Gasteiger partial charge in [0, 0.05) is 9.68 Å². The van der Waals surface area contributed by atoms with E-state index in [-0.39, 0.29) is 16.1 Å². The largest absolute Gasteiger partial charge is 0.569 e. The molecule has 0 fully saturated rings. The van der Waals surface area contributed by atoms with E-state index in [4.69, 9.17) is 25.6 Å². The number of aryl methyl sites for hydroxylation is 1. The molecule has 0 saturated carbocycles. The summed E-state index contributed by atoms with van der Waals surface area (Å²) in [6, 6.07) is 1.93. The first kappa shape index (κ1) is 18.8. The highest BCUT2D eigenvalue weighted by Gasteiger charge is 2.49. The minimum Gasteiger partial charge on any atom is -0.569 e. The van der Waals surface area contributed by atoms with Crippen LogP contribution in [0.5, 0.6) is 5.75 Å². The molecule has 0 aromatic heterocycles. The highest BCUT2D eigenvalue weighted by Crippen LogP contribution is 2.41. The lowest BCUT2D eigenvalue weighted by Crippen LogP contribution is -2.41. The highest BCUT2D eigenvalue weighted by molar-refractivity contribution is 6.32. The summed E-state index contributed by atoms with van der Waals surface area (Å²) in [6.07, 6.45) is -7.15. The molecule has 0 saturated heterocycles. The zero-order valence-corrected chi connectivity index (χ0v) is 15.7. The number of alkyl halides is 3. The van der Waals surface area contributed by atoms with Crippen molar-refractivity contribution >= 4 is 29.6 Å². The number of ether oxygens (including phenoxy) is 2. The van der Waals surface area contributed by atoms with Gasteiger partial charge in [0.1, 0.15) is 5.75 Å². The van der Waals surface area contributed by atoms with Crippen LogP contribution in [-0.4, -0.2) is 59.7 Å². The number of carboxylic acid groups (broad SMARTS) is 1. The van der Waals surface area contributed by atoms with Gasteiger partial charge in [-0.05, 0) is 30.6 Å². The van der Waals surface area contributed by atoms with Crippen molar-refractivity contribution in [2.45, 2.75) is 19.1 Å². The van der Waals surface area contributed by atoms with Crippen molar-refractivity contribution in [2.75, 3.05) is 20.4 Å². The third-order valence-electron chi connectivity index (χ3n) is 3.46. The van der Waals surface area contributed by atoms with Gasteiger partial charge in [-0.1, -0.05) is 11.6 Å². The number of fused-ring (bicyclic) bond motifs is 1. The first-order valence-corrected chi connectivity index (χ1v) is 8.18. The first-order chi connectivity index (χ1) is 15.1. The lowest BCUT2D eigenvalue weighted by Gasteiger charge is -2.28. The van der Waals surface area contributed by atoms with E-state index in [0.717, 1.165) is 25.3 Å². The van der Waals surface area contributed by atoms with Gasteiger partial charge in [-0.3, -0.25) is 4.79 Å². The number of hydrazine groups is 1. The van der Waals surface area contributed by atoms with Crippen LogP contribution in [0.25, 0.3) is 6.08 Å². The van der Waals surface area contributed by atoms with Crippen molar-refractivity contribution in [3.05, 3.63) is 39.1 Å². The summed E-state index contributed by atoms with van der Waals surface area (Å²) in [5.74, 6) is -3.40. The third kappa shape index (κ3) is 5.65. The molecule has 1 aliphatic rings. The van der Waals surface area contributed by atoms with Crippen LogP contribution in [0.15, 0.2) is 23.0 Å². The maximum atomic E-state index is 13.5. The van der Waals surface area contributed by atoms with Gasteiger partial charge >= 0.3 is 18.1 Å². The normalized spacial score (nSPS) is 18.0. The van der Waals surface area contributed by atoms with E-state index < -0.39 is 60.8 Å². The van der Waals surface area contributed by atoms with Crippen LogP contribution < -0.4 is 4.74 Å². The number of aliphatic carboxylic acids is 1. The second-order valence-electron chi connectivity index (χ2n) is 5.74. The minimum atomic E-state index is -5.08. The molecule has 30 heavy (non-hydrogen) atoms. The molecule has 2 rings (SSSR count). The maximum Gasteiger partial charge on any atom is 0.430 e. The number of esters is 1. The quantitative estimate of drug-likeness (QED) is 0.166. The molecule has 0 spiro atoms. The number of benzene rings is 1. The molecule has 164 valence electrons. The predicted molar refractivity (Wildman–Crippen MR) is 93.0 cm³/mol. The molecule has 0 bridgehead atoms. The van der Waals surface area contributed by atoms with Crippen molar-refractivity contribution in [3.8, 4) is 5.75 Å². The number of hydrogen-bond donors (Lipinski definition) is 1. The predicted octanol–water partition coefficient (Wildman–Crippen LogP) is 2.68. The Labute approximate surface area is 176 Å². The molecule has 1 unspecified atom stereocenters. The topological polar surface area (TPSA) is 124 Å². The summed E-state index contributed by atoms with van der Waals surface area (Å²) < 4.78 is 72.1. The van der Waals surface area contributed by atoms with Crippen molar-refractivity contribution in [3.63, 3.8) is 0 Å². The highest BCUT2D eigenvalue weighted by atomic mass is 35.5. The fraction of sp³-hybridized carbons (Fsp3) is 0.375. The molecule has 10 nitrogen and oxygen atoms in total. The van der Waals surface area contributed by atoms with Crippen molar-refractivity contribution in [2.24, 2.45) is 5.28 Å². The first-order valence-electron chi connectivity index (χ1n) is 9.30. The summed E-state index contributed by atoms with van der Waals surface area (Å²) in [5, 5.41) is 23.0. The van der Waals surface area contributed by atoms with Gasteiger partial charge < -0.3 is 24.6 Å². The van der Waals surface area contributed by atoms with Crippen LogP contribution in [0.1, 0.15) is 15.2 Å². The molecule has 1 atom stereocenters. The average Bonchev–Trinajstić information content (AvgIpc) is 2.67. The lowest BCUT2D eigenvalue weighted by molar-refractivity contribution is -0.704. The van der Waals surface area contributed by atoms with Gasteiger partial charge in [-0.2, -0.15) is 13.2 Å². The van der Waals surface area contributed by atoms with E-state index in [1.807, 2.05) is 0 Å². The van der Waals surface area contributed by atoms with Crippen LogP contribution in [0, 0.1) is 12.1 Å². The van der Waals surface area contributed by atoms with E-state index in [9.17, 15) is 28.0 Å². The average molecular weight is 457 g/mol. The van der Waals surface area contributed by atoms with Gasteiger partial charge in [0.05, 0.1) is 22.6 Å². The Bertz CT molecular complexity index is 1000. The van der Waals surface area contributed by atoms with Crippen molar-refractivity contribution < 1.29 is 51.3 Å². The van der Waals surface area contributed by atoms with Gasteiger partial charge in [0.25, 0.3) is 6.79 Å². The summed E-state index contributed by atoms with van der Waals surface area (Å²) in [4.78, 5) is 26.8. The smallest absolute Gasteiger partial charge is 0.430 e. The molecular formula is C16H15ClF3N3O7. The van der Waals surface area contributed by atoms with E-state index >= 15 is 0 Å². The Morgan fingerprint density at radius 2 is 2.20 bits per heavy atom. The van der Waals surface area contributed by atoms with E-state index in [1.165, 1.54) is 0 Å². The van der Waals surface area contributed by atoms with E-state index in [2.05, 4.69) is 14.9 Å². The maximum absolute atomic E-state index is 13.5. The third-order valence-corrected chi connectivity index (χ3v) is 3.74. The Morgan fingerprint density at radius 3 is 2.80 bits per heavy atom. The monoisotopic (exact) mass is 456 g/mol. The van der Waals surface area contributed by atoms with Gasteiger partial charge in [0.2, 0.25) is 11.4 Å². The van der Waals surface area contributed by atoms with Crippen molar-refractivity contribution in [1.82, 2.24) is 5.01 Å². The zero-order valence-electron chi connectivity index (χ0n) is 18.0. The number of rotatable bonds is 7. The molecule has 0 radical (unpaired) electrons. The lowest BCUT2D eigenvalue weighted by atomic mass is 10.00. The number of carbonyl (C=O) groups excluding carboxylic acids is 1. The Hall–Kier alpha value is -3.22. The van der Waals surface area contributed by atoms with Crippen molar-refractivity contribution in [1.29, 1.82) is 0 Å². The van der Waals surface area contributed by atoms with Gasteiger partial charge in [0.15, 0.2) is 6.54 Å². The summed E-state index contributed by atoms with van der Waals surface area (Å²) >= 11 is 5.89. The number of likely N-dealkylation sites (N-methyl/N-ethyl adjacent to an activating group) is 1. The standard InChI is InChI=1S/C16H15ClF3N3O7/c1-8-3-9-5-10(14(16(18,19)20)30-13(9)11(17)4-8)15(26)28-7-29-21-23(27)22(2)6-12(24)25/h3-5,14H,6-7H2,1-2H3,(H,24,25)/i1D3. The molecular weight excluding hydrogens is 439 g/mol. The Morgan fingerprint density at radius 1 is 1.50 bits per heavy atom. The fourth-order valence-corrected chi connectivity index (χ4v) is 2.51. The SMILES string of the molecule is [2H]C([2H])([2H])c1cc(Cl)c2c(c1)C=C(C(=O)OCON=[N+]([O-])N(C)CC(=O)O)C(C(F)(F)F)O2.